The van der Waals surface area contributed by atoms with Crippen LogP contribution in [-0.4, -0.2) is 30.6 Å². The number of carbonyl (C=O) groups is 3. The molecule has 0 bridgehead atoms. The summed E-state index contributed by atoms with van der Waals surface area (Å²) in [5, 5.41) is 5.00. The first-order valence-corrected chi connectivity index (χ1v) is 8.78. The molecule has 24 heavy (non-hydrogen) atoms. The number of hydrogen-bond donors (Lipinski definition) is 2. The maximum Gasteiger partial charge on any atom is 0.338 e. The Bertz CT molecular complexity index is 620. The molecule has 0 aromatic heterocycles. The van der Waals surface area contributed by atoms with Gasteiger partial charge >= 0.3 is 12.0 Å². The summed E-state index contributed by atoms with van der Waals surface area (Å²) >= 11 is 3.26. The minimum absolute atomic E-state index is 0.0794. The van der Waals surface area contributed by atoms with Crippen molar-refractivity contribution in [3.8, 4) is 0 Å². The van der Waals surface area contributed by atoms with Gasteiger partial charge in [0.2, 0.25) is 0 Å². The van der Waals surface area contributed by atoms with Crippen molar-refractivity contribution in [1.82, 2.24) is 10.6 Å². The zero-order valence-electron chi connectivity index (χ0n) is 13.5. The summed E-state index contributed by atoms with van der Waals surface area (Å²) < 4.78 is 5.64. The molecule has 0 radical (unpaired) electrons. The monoisotopic (exact) mass is 396 g/mol. The molecule has 1 saturated carbocycles. The van der Waals surface area contributed by atoms with Crippen molar-refractivity contribution < 1.29 is 19.1 Å². The Hall–Kier alpha value is -1.89. The summed E-state index contributed by atoms with van der Waals surface area (Å²) in [6, 6.07) is 6.19. The van der Waals surface area contributed by atoms with Crippen LogP contribution in [-0.2, 0) is 9.53 Å². The zero-order valence-corrected chi connectivity index (χ0v) is 15.1. The van der Waals surface area contributed by atoms with Gasteiger partial charge in [0, 0.05) is 10.5 Å². The molecule has 0 aliphatic heterocycles. The smallest absolute Gasteiger partial charge is 0.338 e. The second-order valence-corrected chi connectivity index (χ2v) is 6.89. The van der Waals surface area contributed by atoms with Gasteiger partial charge in [-0.15, -0.1) is 0 Å². The van der Waals surface area contributed by atoms with E-state index in [0.29, 0.717) is 11.5 Å². The van der Waals surface area contributed by atoms with Crippen LogP contribution in [0.15, 0.2) is 28.7 Å². The van der Waals surface area contributed by atoms with E-state index in [9.17, 15) is 14.4 Å². The van der Waals surface area contributed by atoms with Crippen LogP contribution >= 0.6 is 15.9 Å². The average Bonchev–Trinajstić information content (AvgIpc) is 2.54. The molecule has 0 spiro atoms. The van der Waals surface area contributed by atoms with Crippen LogP contribution in [0.3, 0.4) is 0 Å². The second-order valence-electron chi connectivity index (χ2n) is 5.98. The van der Waals surface area contributed by atoms with Crippen LogP contribution in [0.25, 0.3) is 0 Å². The molecule has 1 aliphatic rings. The second kappa shape index (κ2) is 8.82. The van der Waals surface area contributed by atoms with Gasteiger partial charge in [0.05, 0.1) is 5.56 Å². The van der Waals surface area contributed by atoms with Gasteiger partial charge in [0.15, 0.2) is 6.61 Å². The highest BCUT2D eigenvalue weighted by atomic mass is 79.9. The van der Waals surface area contributed by atoms with E-state index in [0.717, 1.165) is 23.7 Å². The summed E-state index contributed by atoms with van der Waals surface area (Å²) in [4.78, 5) is 35.4. The third-order valence-corrected chi connectivity index (χ3v) is 4.57. The molecule has 1 aromatic rings. The van der Waals surface area contributed by atoms with E-state index >= 15 is 0 Å². The number of imide groups is 1. The number of ether oxygens (including phenoxy) is 1. The number of amides is 3. The number of nitrogens with one attached hydrogen (secondary N) is 2. The fourth-order valence-electron chi connectivity index (χ4n) is 2.73. The highest BCUT2D eigenvalue weighted by Crippen LogP contribution is 2.23. The lowest BCUT2D eigenvalue weighted by Crippen LogP contribution is -2.48. The Balaban J connectivity index is 1.74. The van der Waals surface area contributed by atoms with Crippen molar-refractivity contribution >= 4 is 33.8 Å². The van der Waals surface area contributed by atoms with Gasteiger partial charge in [-0.25, -0.2) is 9.59 Å². The third-order valence-electron chi connectivity index (χ3n) is 4.08. The molecular formula is C17H21BrN2O4. The van der Waals surface area contributed by atoms with E-state index in [1.54, 1.807) is 24.3 Å². The lowest BCUT2D eigenvalue weighted by atomic mass is 9.86. The Morgan fingerprint density at radius 3 is 2.71 bits per heavy atom. The maximum atomic E-state index is 11.8. The summed E-state index contributed by atoms with van der Waals surface area (Å²) in [7, 11) is 0. The fraction of sp³-hybridized carbons (Fsp3) is 0.471. The van der Waals surface area contributed by atoms with E-state index in [-0.39, 0.29) is 6.04 Å². The lowest BCUT2D eigenvalue weighted by Gasteiger charge is -2.29. The van der Waals surface area contributed by atoms with Gasteiger partial charge in [0.25, 0.3) is 5.91 Å². The molecule has 3 amide bonds. The Kier molecular flexibility index (Phi) is 6.78. The van der Waals surface area contributed by atoms with E-state index in [1.165, 1.54) is 6.42 Å². The molecule has 1 fully saturated rings. The third kappa shape index (κ3) is 5.63. The SMILES string of the molecule is C[C@@H]1CCCC[C@H]1NC(=O)NC(=O)COC(=O)c1cccc(Br)c1. The molecule has 0 unspecified atom stereocenters. The van der Waals surface area contributed by atoms with Crippen molar-refractivity contribution in [1.29, 1.82) is 0 Å². The van der Waals surface area contributed by atoms with E-state index < -0.39 is 24.5 Å². The molecule has 6 nitrogen and oxygen atoms in total. The van der Waals surface area contributed by atoms with Crippen molar-refractivity contribution in [3.05, 3.63) is 34.3 Å². The van der Waals surface area contributed by atoms with Crippen molar-refractivity contribution in [3.63, 3.8) is 0 Å². The van der Waals surface area contributed by atoms with Gasteiger partial charge in [-0.1, -0.05) is 41.8 Å². The molecule has 1 aliphatic carbocycles. The van der Waals surface area contributed by atoms with Crippen molar-refractivity contribution in [2.75, 3.05) is 6.61 Å². The van der Waals surface area contributed by atoms with E-state index in [1.807, 2.05) is 0 Å². The van der Waals surface area contributed by atoms with Crippen molar-refractivity contribution in [2.24, 2.45) is 5.92 Å². The highest BCUT2D eigenvalue weighted by molar-refractivity contribution is 9.10. The Morgan fingerprint density at radius 1 is 1.25 bits per heavy atom. The summed E-state index contributed by atoms with van der Waals surface area (Å²) in [6.45, 7) is 1.59. The molecule has 1 aromatic carbocycles. The number of esters is 1. The number of halogens is 1. The number of carbonyl (C=O) groups excluding carboxylic acids is 3. The average molecular weight is 397 g/mol. The molecule has 7 heteroatoms. The first-order valence-electron chi connectivity index (χ1n) is 7.98. The molecule has 2 atom stereocenters. The number of hydrogen-bond acceptors (Lipinski definition) is 4. The van der Waals surface area contributed by atoms with Gasteiger partial charge in [-0.3, -0.25) is 10.1 Å². The van der Waals surface area contributed by atoms with E-state index in [4.69, 9.17) is 4.74 Å². The Labute approximate surface area is 149 Å². The predicted molar refractivity (Wildman–Crippen MR) is 92.5 cm³/mol. The minimum Gasteiger partial charge on any atom is -0.452 e. The number of rotatable bonds is 4. The summed E-state index contributed by atoms with van der Waals surface area (Å²) in [5.74, 6) is -0.874. The standard InChI is InChI=1S/C17H21BrN2O4/c1-11-5-2-3-8-14(11)19-17(23)20-15(21)10-24-16(22)12-6-4-7-13(18)9-12/h4,6-7,9,11,14H,2-3,5,8,10H2,1H3,(H2,19,20,21,23)/t11-,14-/m1/s1. The fourth-order valence-corrected chi connectivity index (χ4v) is 3.13. The maximum absolute atomic E-state index is 11.8. The van der Waals surface area contributed by atoms with Gasteiger partial charge in [-0.05, 0) is 37.0 Å². The van der Waals surface area contributed by atoms with Crippen LogP contribution in [0.4, 0.5) is 4.79 Å². The number of urea groups is 1. The topological polar surface area (TPSA) is 84.5 Å². The first-order chi connectivity index (χ1) is 11.5. The molecule has 130 valence electrons. The van der Waals surface area contributed by atoms with E-state index in [2.05, 4.69) is 33.5 Å². The first kappa shape index (κ1) is 18.4. The highest BCUT2D eigenvalue weighted by Gasteiger charge is 2.23. The van der Waals surface area contributed by atoms with Crippen molar-refractivity contribution in [2.45, 2.75) is 38.6 Å². The summed E-state index contributed by atoms with van der Waals surface area (Å²) in [5.41, 5.74) is 0.331. The molecule has 2 N–H and O–H groups in total. The minimum atomic E-state index is -0.653. The van der Waals surface area contributed by atoms with Crippen LogP contribution in [0.5, 0.6) is 0 Å². The lowest BCUT2D eigenvalue weighted by molar-refractivity contribution is -0.123. The largest absolute Gasteiger partial charge is 0.452 e. The molecule has 0 saturated heterocycles. The van der Waals surface area contributed by atoms with Gasteiger partial charge < -0.3 is 10.1 Å². The quantitative estimate of drug-likeness (QED) is 0.765. The van der Waals surface area contributed by atoms with Gasteiger partial charge in [0.1, 0.15) is 0 Å². The predicted octanol–water partition coefficient (Wildman–Crippen LogP) is 3.01. The molecule has 0 heterocycles. The molecular weight excluding hydrogens is 376 g/mol. The van der Waals surface area contributed by atoms with Crippen LogP contribution < -0.4 is 10.6 Å². The van der Waals surface area contributed by atoms with Crippen LogP contribution in [0.2, 0.25) is 0 Å². The molecule has 2 rings (SSSR count). The summed E-state index contributed by atoms with van der Waals surface area (Å²) in [6.07, 6.45) is 4.24. The number of benzene rings is 1. The van der Waals surface area contributed by atoms with Gasteiger partial charge in [-0.2, -0.15) is 0 Å². The van der Waals surface area contributed by atoms with Crippen LogP contribution in [0, 0.1) is 5.92 Å². The normalized spacial score (nSPS) is 20.1. The van der Waals surface area contributed by atoms with Crippen LogP contribution in [0.1, 0.15) is 43.0 Å². The Morgan fingerprint density at radius 2 is 2.00 bits per heavy atom. The zero-order chi connectivity index (χ0) is 17.5.